The van der Waals surface area contributed by atoms with Gasteiger partial charge in [-0.15, -0.1) is 0 Å². The Morgan fingerprint density at radius 3 is 2.55 bits per heavy atom. The molecule has 0 aromatic heterocycles. The minimum absolute atomic E-state index is 0.147. The Kier molecular flexibility index (Phi) is 3.89. The maximum atomic E-state index is 12.3. The molecular weight excluding hydrogens is 256 g/mol. The molecule has 0 aliphatic carbocycles. The molecule has 0 bridgehead atoms. The zero-order valence-corrected chi connectivity index (χ0v) is 11.8. The van der Waals surface area contributed by atoms with Gasteiger partial charge in [0, 0.05) is 31.7 Å². The highest BCUT2D eigenvalue weighted by molar-refractivity contribution is 5.98. The molecule has 2 aliphatic heterocycles. The van der Waals surface area contributed by atoms with Crippen LogP contribution in [0.1, 0.15) is 17.3 Å². The van der Waals surface area contributed by atoms with Crippen LogP contribution in [0.5, 0.6) is 11.5 Å². The highest BCUT2D eigenvalue weighted by Crippen LogP contribution is 2.32. The molecule has 0 N–H and O–H groups in total. The van der Waals surface area contributed by atoms with Crippen LogP contribution >= 0.6 is 0 Å². The summed E-state index contributed by atoms with van der Waals surface area (Å²) in [6.45, 7) is 8.00. The molecular formula is C15H20N2O3. The zero-order valence-electron chi connectivity index (χ0n) is 11.8. The van der Waals surface area contributed by atoms with E-state index in [0.29, 0.717) is 17.9 Å². The van der Waals surface area contributed by atoms with E-state index in [1.54, 1.807) is 6.07 Å². The van der Waals surface area contributed by atoms with Gasteiger partial charge in [-0.3, -0.25) is 9.69 Å². The van der Waals surface area contributed by atoms with Crippen molar-refractivity contribution in [2.75, 3.05) is 46.1 Å². The van der Waals surface area contributed by atoms with E-state index in [1.165, 1.54) is 0 Å². The van der Waals surface area contributed by atoms with Crippen LogP contribution in [0, 0.1) is 0 Å². The molecule has 108 valence electrons. The number of benzene rings is 1. The van der Waals surface area contributed by atoms with Crippen LogP contribution in [0.2, 0.25) is 0 Å². The van der Waals surface area contributed by atoms with Crippen molar-refractivity contribution in [3.05, 3.63) is 23.8 Å². The molecule has 0 unspecified atom stereocenters. The largest absolute Gasteiger partial charge is 0.454 e. The van der Waals surface area contributed by atoms with Gasteiger partial charge in [0.1, 0.15) is 0 Å². The zero-order chi connectivity index (χ0) is 13.9. The molecule has 5 heteroatoms. The van der Waals surface area contributed by atoms with Gasteiger partial charge < -0.3 is 14.4 Å². The lowest BCUT2D eigenvalue weighted by Gasteiger charge is -2.33. The average molecular weight is 276 g/mol. The van der Waals surface area contributed by atoms with E-state index in [-0.39, 0.29) is 12.6 Å². The molecule has 0 radical (unpaired) electrons. The Balaban J connectivity index is 1.59. The molecule has 2 heterocycles. The molecule has 2 aliphatic rings. The first-order valence-electron chi connectivity index (χ1n) is 7.14. The first-order valence-corrected chi connectivity index (χ1v) is 7.14. The SMILES string of the molecule is CCN1CCN(CC(=O)c2ccc3c(c2)OCO3)CC1. The van der Waals surface area contributed by atoms with Gasteiger partial charge in [0.15, 0.2) is 17.3 Å². The van der Waals surface area contributed by atoms with Gasteiger partial charge in [-0.25, -0.2) is 0 Å². The number of ketones is 1. The monoisotopic (exact) mass is 276 g/mol. The van der Waals surface area contributed by atoms with Gasteiger partial charge in [0.05, 0.1) is 6.54 Å². The first kappa shape index (κ1) is 13.4. The van der Waals surface area contributed by atoms with Crippen LogP contribution in [0.15, 0.2) is 18.2 Å². The molecule has 5 nitrogen and oxygen atoms in total. The van der Waals surface area contributed by atoms with Crippen molar-refractivity contribution < 1.29 is 14.3 Å². The Hall–Kier alpha value is -1.59. The van der Waals surface area contributed by atoms with E-state index in [1.807, 2.05) is 12.1 Å². The second-order valence-corrected chi connectivity index (χ2v) is 5.20. The fourth-order valence-corrected chi connectivity index (χ4v) is 2.63. The van der Waals surface area contributed by atoms with Crippen molar-refractivity contribution in [3.63, 3.8) is 0 Å². The van der Waals surface area contributed by atoms with Crippen LogP contribution < -0.4 is 9.47 Å². The lowest BCUT2D eigenvalue weighted by Crippen LogP contribution is -2.47. The maximum Gasteiger partial charge on any atom is 0.231 e. The number of carbonyl (C=O) groups excluding carboxylic acids is 1. The number of rotatable bonds is 4. The normalized spacial score (nSPS) is 19.2. The number of hydrogen-bond acceptors (Lipinski definition) is 5. The summed E-state index contributed by atoms with van der Waals surface area (Å²) >= 11 is 0. The van der Waals surface area contributed by atoms with Crippen molar-refractivity contribution in [2.24, 2.45) is 0 Å². The van der Waals surface area contributed by atoms with E-state index in [2.05, 4.69) is 16.7 Å². The van der Waals surface area contributed by atoms with Crippen molar-refractivity contribution in [1.29, 1.82) is 0 Å². The van der Waals surface area contributed by atoms with Gasteiger partial charge in [-0.05, 0) is 24.7 Å². The third-order valence-electron chi connectivity index (χ3n) is 3.97. The van der Waals surface area contributed by atoms with Crippen molar-refractivity contribution in [1.82, 2.24) is 9.80 Å². The summed E-state index contributed by atoms with van der Waals surface area (Å²) in [7, 11) is 0. The number of hydrogen-bond donors (Lipinski definition) is 0. The Labute approximate surface area is 119 Å². The van der Waals surface area contributed by atoms with Gasteiger partial charge in [0.2, 0.25) is 6.79 Å². The number of Topliss-reactive ketones (excluding diaryl/α,β-unsaturated/α-hetero) is 1. The number of fused-ring (bicyclic) bond motifs is 1. The van der Waals surface area contributed by atoms with Crippen LogP contribution in [0.3, 0.4) is 0 Å². The van der Waals surface area contributed by atoms with Gasteiger partial charge in [-0.2, -0.15) is 0 Å². The molecule has 1 saturated heterocycles. The molecule has 3 rings (SSSR count). The number of piperazine rings is 1. The van der Waals surface area contributed by atoms with Crippen molar-refractivity contribution in [3.8, 4) is 11.5 Å². The Morgan fingerprint density at radius 2 is 1.80 bits per heavy atom. The minimum atomic E-state index is 0.147. The van der Waals surface area contributed by atoms with E-state index in [4.69, 9.17) is 9.47 Å². The number of ether oxygens (including phenoxy) is 2. The third-order valence-corrected chi connectivity index (χ3v) is 3.97. The summed E-state index contributed by atoms with van der Waals surface area (Å²) in [5, 5.41) is 0. The Morgan fingerprint density at radius 1 is 1.10 bits per heavy atom. The summed E-state index contributed by atoms with van der Waals surface area (Å²) in [6, 6.07) is 5.41. The third kappa shape index (κ3) is 2.78. The van der Waals surface area contributed by atoms with E-state index in [9.17, 15) is 4.79 Å². The van der Waals surface area contributed by atoms with E-state index >= 15 is 0 Å². The average Bonchev–Trinajstić information content (AvgIpc) is 2.95. The van der Waals surface area contributed by atoms with Crippen LogP contribution in [-0.4, -0.2) is 61.6 Å². The molecule has 20 heavy (non-hydrogen) atoms. The van der Waals surface area contributed by atoms with Gasteiger partial charge >= 0.3 is 0 Å². The summed E-state index contributed by atoms with van der Waals surface area (Å²) in [5.41, 5.74) is 0.701. The fraction of sp³-hybridized carbons (Fsp3) is 0.533. The highest BCUT2D eigenvalue weighted by Gasteiger charge is 2.20. The predicted octanol–water partition coefficient (Wildman–Crippen LogP) is 1.24. The van der Waals surface area contributed by atoms with Gasteiger partial charge in [0.25, 0.3) is 0 Å². The second-order valence-electron chi connectivity index (χ2n) is 5.20. The first-order chi connectivity index (χ1) is 9.76. The van der Waals surface area contributed by atoms with E-state index in [0.717, 1.165) is 38.5 Å². The van der Waals surface area contributed by atoms with Crippen molar-refractivity contribution >= 4 is 5.78 Å². The molecule has 1 aromatic carbocycles. The lowest BCUT2D eigenvalue weighted by atomic mass is 10.1. The highest BCUT2D eigenvalue weighted by atomic mass is 16.7. The van der Waals surface area contributed by atoms with Crippen LogP contribution in [0.4, 0.5) is 0 Å². The quantitative estimate of drug-likeness (QED) is 0.774. The lowest BCUT2D eigenvalue weighted by molar-refractivity contribution is 0.0858. The molecule has 0 saturated carbocycles. The summed E-state index contributed by atoms with van der Waals surface area (Å²) in [5.74, 6) is 1.54. The second kappa shape index (κ2) is 5.81. The maximum absolute atomic E-state index is 12.3. The summed E-state index contributed by atoms with van der Waals surface area (Å²) in [6.07, 6.45) is 0. The Bertz CT molecular complexity index is 496. The summed E-state index contributed by atoms with van der Waals surface area (Å²) in [4.78, 5) is 16.9. The number of carbonyl (C=O) groups is 1. The van der Waals surface area contributed by atoms with E-state index < -0.39 is 0 Å². The smallest absolute Gasteiger partial charge is 0.231 e. The molecule has 0 spiro atoms. The van der Waals surface area contributed by atoms with Crippen molar-refractivity contribution in [2.45, 2.75) is 6.92 Å². The van der Waals surface area contributed by atoms with Gasteiger partial charge in [-0.1, -0.05) is 6.92 Å². The number of nitrogens with zero attached hydrogens (tertiary/aromatic N) is 2. The predicted molar refractivity (Wildman–Crippen MR) is 75.4 cm³/mol. The molecule has 0 atom stereocenters. The molecule has 1 fully saturated rings. The molecule has 0 amide bonds. The standard InChI is InChI=1S/C15H20N2O3/c1-2-16-5-7-17(8-6-16)10-13(18)12-3-4-14-15(9-12)20-11-19-14/h3-4,9H,2,5-8,10-11H2,1H3. The van der Waals surface area contributed by atoms with Crippen LogP contribution in [0.25, 0.3) is 0 Å². The topological polar surface area (TPSA) is 42.0 Å². The fourth-order valence-electron chi connectivity index (χ4n) is 2.63. The molecule has 1 aromatic rings. The van der Waals surface area contributed by atoms with Crippen LogP contribution in [-0.2, 0) is 0 Å². The summed E-state index contributed by atoms with van der Waals surface area (Å²) < 4.78 is 10.6. The minimum Gasteiger partial charge on any atom is -0.454 e. The number of likely N-dealkylation sites (N-methyl/N-ethyl adjacent to an activating group) is 1.